The fraction of sp³-hybridized carbons (Fsp3) is 0.300. The van der Waals surface area contributed by atoms with E-state index in [0.29, 0.717) is 30.3 Å². The quantitative estimate of drug-likeness (QED) is 0.681. The van der Waals surface area contributed by atoms with Gasteiger partial charge in [0, 0.05) is 5.56 Å². The summed E-state index contributed by atoms with van der Waals surface area (Å²) < 4.78 is 11.1. The fourth-order valence-corrected chi connectivity index (χ4v) is 3.55. The molecule has 2 heterocycles. The lowest BCUT2D eigenvalue weighted by molar-refractivity contribution is 0.0933. The lowest BCUT2D eigenvalue weighted by atomic mass is 10.1. The van der Waals surface area contributed by atoms with Crippen LogP contribution in [0.2, 0.25) is 0 Å². The van der Waals surface area contributed by atoms with Gasteiger partial charge < -0.3 is 19.8 Å². The third-order valence-corrected chi connectivity index (χ3v) is 5.10. The summed E-state index contributed by atoms with van der Waals surface area (Å²) in [6, 6.07) is 12.9. The van der Waals surface area contributed by atoms with Gasteiger partial charge in [-0.2, -0.15) is 11.8 Å². The van der Waals surface area contributed by atoms with Crippen molar-refractivity contribution in [3.63, 3.8) is 0 Å². The number of nitrogens with zero attached hydrogens (tertiary/aromatic N) is 1. The average Bonchev–Trinajstić information content (AvgIpc) is 3.14. The maximum atomic E-state index is 12.8. The van der Waals surface area contributed by atoms with E-state index in [-0.39, 0.29) is 11.9 Å². The van der Waals surface area contributed by atoms with Crippen LogP contribution in [0.1, 0.15) is 28.6 Å². The number of amides is 1. The van der Waals surface area contributed by atoms with E-state index >= 15 is 0 Å². The summed E-state index contributed by atoms with van der Waals surface area (Å²) in [7, 11) is 0. The van der Waals surface area contributed by atoms with Crippen molar-refractivity contribution in [2.24, 2.45) is 0 Å². The highest BCUT2D eigenvalue weighted by Crippen LogP contribution is 2.31. The van der Waals surface area contributed by atoms with Crippen LogP contribution < -0.4 is 14.8 Å². The van der Waals surface area contributed by atoms with Crippen LogP contribution in [0.15, 0.2) is 42.5 Å². The number of hydrogen-bond acceptors (Lipinski definition) is 5. The Morgan fingerprint density at radius 2 is 2.04 bits per heavy atom. The highest BCUT2D eigenvalue weighted by molar-refractivity contribution is 7.98. The Labute approximate surface area is 161 Å². The van der Waals surface area contributed by atoms with Gasteiger partial charge in [0.05, 0.1) is 17.1 Å². The van der Waals surface area contributed by atoms with Crippen LogP contribution in [0, 0.1) is 0 Å². The number of H-pyrrole nitrogens is 1. The van der Waals surface area contributed by atoms with Gasteiger partial charge in [-0.1, -0.05) is 12.1 Å². The molecule has 0 aliphatic carbocycles. The van der Waals surface area contributed by atoms with Gasteiger partial charge in [0.15, 0.2) is 11.5 Å². The number of aromatic nitrogens is 2. The SMILES string of the molecule is CSCC[C@@H](NC(=O)c1ccc2c(c1)OCCO2)c1nc2ccccc2[nH]1. The lowest BCUT2D eigenvalue weighted by Crippen LogP contribution is -2.30. The zero-order chi connectivity index (χ0) is 18.6. The highest BCUT2D eigenvalue weighted by Gasteiger charge is 2.21. The summed E-state index contributed by atoms with van der Waals surface area (Å²) in [5.41, 5.74) is 2.41. The number of carbonyl (C=O) groups is 1. The van der Waals surface area contributed by atoms with Crippen molar-refractivity contribution in [1.82, 2.24) is 15.3 Å². The molecule has 0 saturated heterocycles. The van der Waals surface area contributed by atoms with E-state index in [9.17, 15) is 4.79 Å². The molecule has 2 aromatic carbocycles. The molecule has 0 radical (unpaired) electrons. The van der Waals surface area contributed by atoms with Crippen molar-refractivity contribution < 1.29 is 14.3 Å². The molecule has 0 saturated carbocycles. The molecule has 27 heavy (non-hydrogen) atoms. The zero-order valence-corrected chi connectivity index (χ0v) is 15.8. The highest BCUT2D eigenvalue weighted by atomic mass is 32.2. The first-order chi connectivity index (χ1) is 13.2. The molecule has 1 aliphatic heterocycles. The largest absolute Gasteiger partial charge is 0.486 e. The number of ether oxygens (including phenoxy) is 2. The Hall–Kier alpha value is -2.67. The lowest BCUT2D eigenvalue weighted by Gasteiger charge is -2.20. The molecular weight excluding hydrogens is 362 g/mol. The van der Waals surface area contributed by atoms with E-state index in [1.807, 2.05) is 24.3 Å². The third kappa shape index (κ3) is 3.88. The van der Waals surface area contributed by atoms with Crippen LogP contribution in [0.3, 0.4) is 0 Å². The van der Waals surface area contributed by atoms with Crippen molar-refractivity contribution in [2.45, 2.75) is 12.5 Å². The summed E-state index contributed by atoms with van der Waals surface area (Å²) >= 11 is 1.74. The minimum atomic E-state index is -0.189. The molecule has 7 heteroatoms. The molecular formula is C20H21N3O3S. The Balaban J connectivity index is 1.56. The van der Waals surface area contributed by atoms with Gasteiger partial charge in [0.25, 0.3) is 5.91 Å². The molecule has 6 nitrogen and oxygen atoms in total. The molecule has 0 bridgehead atoms. The Morgan fingerprint density at radius 1 is 1.22 bits per heavy atom. The van der Waals surface area contributed by atoms with E-state index in [0.717, 1.165) is 29.0 Å². The molecule has 140 valence electrons. The minimum Gasteiger partial charge on any atom is -0.486 e. The Bertz CT molecular complexity index is 924. The monoisotopic (exact) mass is 383 g/mol. The number of aromatic amines is 1. The fourth-order valence-electron chi connectivity index (χ4n) is 3.08. The van der Waals surface area contributed by atoms with Gasteiger partial charge in [0.2, 0.25) is 0 Å². The van der Waals surface area contributed by atoms with Crippen molar-refractivity contribution in [2.75, 3.05) is 25.2 Å². The molecule has 1 amide bonds. The standard InChI is InChI=1S/C20H21N3O3S/c1-27-11-8-16(19-21-14-4-2-3-5-15(14)22-19)23-20(24)13-6-7-17-18(12-13)26-10-9-25-17/h2-7,12,16H,8-11H2,1H3,(H,21,22)(H,23,24)/t16-/m1/s1. The smallest absolute Gasteiger partial charge is 0.252 e. The molecule has 0 unspecified atom stereocenters. The molecule has 0 spiro atoms. The molecule has 3 aromatic rings. The van der Waals surface area contributed by atoms with E-state index < -0.39 is 0 Å². The molecule has 0 fully saturated rings. The number of para-hydroxylation sites is 2. The first-order valence-electron chi connectivity index (χ1n) is 8.88. The Morgan fingerprint density at radius 3 is 2.85 bits per heavy atom. The zero-order valence-electron chi connectivity index (χ0n) is 15.0. The summed E-state index contributed by atoms with van der Waals surface area (Å²) in [6.07, 6.45) is 2.84. The van der Waals surface area contributed by atoms with Gasteiger partial charge in [-0.3, -0.25) is 4.79 Å². The predicted molar refractivity (Wildman–Crippen MR) is 107 cm³/mol. The predicted octanol–water partition coefficient (Wildman–Crippen LogP) is 3.56. The minimum absolute atomic E-state index is 0.154. The topological polar surface area (TPSA) is 76.2 Å². The average molecular weight is 383 g/mol. The van der Waals surface area contributed by atoms with Crippen molar-refractivity contribution in [3.05, 3.63) is 53.9 Å². The summed E-state index contributed by atoms with van der Waals surface area (Å²) in [6.45, 7) is 1.02. The molecule has 2 N–H and O–H groups in total. The van der Waals surface area contributed by atoms with Crippen molar-refractivity contribution in [1.29, 1.82) is 0 Å². The number of rotatable bonds is 6. The molecule has 1 atom stereocenters. The second-order valence-electron chi connectivity index (χ2n) is 6.31. The summed E-state index contributed by atoms with van der Waals surface area (Å²) in [4.78, 5) is 20.8. The van der Waals surface area contributed by atoms with Crippen LogP contribution in [0.25, 0.3) is 11.0 Å². The van der Waals surface area contributed by atoms with Gasteiger partial charge in [-0.15, -0.1) is 0 Å². The first kappa shape index (κ1) is 17.7. The number of thioether (sulfide) groups is 1. The van der Waals surface area contributed by atoms with Crippen LogP contribution in [-0.2, 0) is 0 Å². The number of benzene rings is 2. The van der Waals surface area contributed by atoms with Crippen LogP contribution in [-0.4, -0.2) is 41.1 Å². The van der Waals surface area contributed by atoms with Crippen molar-refractivity contribution in [3.8, 4) is 11.5 Å². The van der Waals surface area contributed by atoms with Gasteiger partial charge in [0.1, 0.15) is 19.0 Å². The second kappa shape index (κ2) is 7.92. The number of hydrogen-bond donors (Lipinski definition) is 2. The maximum absolute atomic E-state index is 12.8. The third-order valence-electron chi connectivity index (χ3n) is 4.46. The first-order valence-corrected chi connectivity index (χ1v) is 10.3. The molecule has 1 aromatic heterocycles. The van der Waals surface area contributed by atoms with E-state index in [1.165, 1.54) is 0 Å². The van der Waals surface area contributed by atoms with E-state index in [1.54, 1.807) is 30.0 Å². The van der Waals surface area contributed by atoms with Crippen molar-refractivity contribution >= 4 is 28.7 Å². The van der Waals surface area contributed by atoms with E-state index in [4.69, 9.17) is 9.47 Å². The van der Waals surface area contributed by atoms with Crippen LogP contribution >= 0.6 is 11.8 Å². The summed E-state index contributed by atoms with van der Waals surface area (Å²) in [5.74, 6) is 2.82. The van der Waals surface area contributed by atoms with Crippen LogP contribution in [0.4, 0.5) is 0 Å². The number of fused-ring (bicyclic) bond motifs is 2. The number of imidazole rings is 1. The molecule has 1 aliphatic rings. The normalized spacial score (nSPS) is 14.1. The van der Waals surface area contributed by atoms with E-state index in [2.05, 4.69) is 21.5 Å². The maximum Gasteiger partial charge on any atom is 0.252 e. The summed E-state index contributed by atoms with van der Waals surface area (Å²) in [5, 5.41) is 3.11. The van der Waals surface area contributed by atoms with Gasteiger partial charge in [-0.25, -0.2) is 4.98 Å². The number of carbonyl (C=O) groups excluding carboxylic acids is 1. The number of nitrogens with one attached hydrogen (secondary N) is 2. The molecule has 4 rings (SSSR count). The van der Waals surface area contributed by atoms with Crippen LogP contribution in [0.5, 0.6) is 11.5 Å². The van der Waals surface area contributed by atoms with Gasteiger partial charge >= 0.3 is 0 Å². The Kier molecular flexibility index (Phi) is 5.20. The van der Waals surface area contributed by atoms with Gasteiger partial charge in [-0.05, 0) is 48.8 Å². The second-order valence-corrected chi connectivity index (χ2v) is 7.29.